The van der Waals surface area contributed by atoms with Crippen LogP contribution in [0.5, 0.6) is 17.2 Å². The van der Waals surface area contributed by atoms with Crippen molar-refractivity contribution in [3.63, 3.8) is 0 Å². The molecule has 1 fully saturated rings. The van der Waals surface area contributed by atoms with Crippen molar-refractivity contribution in [2.24, 2.45) is 5.92 Å². The van der Waals surface area contributed by atoms with Crippen LogP contribution in [0.1, 0.15) is 44.6 Å². The van der Waals surface area contributed by atoms with E-state index in [9.17, 15) is 20.4 Å². The molecule has 1 aliphatic carbocycles. The molecule has 0 heterocycles. The molecule has 0 unspecified atom stereocenters. The second-order valence-corrected chi connectivity index (χ2v) is 6.12. The van der Waals surface area contributed by atoms with Crippen LogP contribution in [0.25, 0.3) is 0 Å². The summed E-state index contributed by atoms with van der Waals surface area (Å²) in [6.45, 7) is 2.98. The normalized spacial score (nSPS) is 25.9. The summed E-state index contributed by atoms with van der Waals surface area (Å²) in [5, 5.41) is 42.1. The van der Waals surface area contributed by atoms with E-state index >= 15 is 0 Å². The van der Waals surface area contributed by atoms with Crippen LogP contribution in [0.2, 0.25) is 0 Å². The SMILES string of the molecule is CCC1CCC(O)(CNCc2ccc(O)c(O)c2O)CC1. The fourth-order valence-electron chi connectivity index (χ4n) is 2.98. The zero-order chi connectivity index (χ0) is 15.5. The van der Waals surface area contributed by atoms with Crippen molar-refractivity contribution < 1.29 is 20.4 Å². The third kappa shape index (κ3) is 3.80. The Bertz CT molecular complexity index is 481. The smallest absolute Gasteiger partial charge is 0.200 e. The predicted octanol–water partition coefficient (Wildman–Crippen LogP) is 2.22. The lowest BCUT2D eigenvalue weighted by atomic mass is 9.78. The monoisotopic (exact) mass is 295 g/mol. The molecule has 5 N–H and O–H groups in total. The molecular formula is C16H25NO4. The summed E-state index contributed by atoms with van der Waals surface area (Å²) in [6.07, 6.45) is 4.88. The van der Waals surface area contributed by atoms with Gasteiger partial charge >= 0.3 is 0 Å². The Hall–Kier alpha value is -1.46. The average molecular weight is 295 g/mol. The standard InChI is InChI=1S/C16H25NO4/c1-2-11-5-7-16(21,8-6-11)10-17-9-12-3-4-13(18)15(20)14(12)19/h3-4,11,17-21H,2,5-10H2,1H3. The van der Waals surface area contributed by atoms with Crippen LogP contribution < -0.4 is 5.32 Å². The Kier molecular flexibility index (Phi) is 4.96. The molecule has 0 bridgehead atoms. The Labute approximate surface area is 125 Å². The summed E-state index contributed by atoms with van der Waals surface area (Å²) in [5.41, 5.74) is -0.184. The van der Waals surface area contributed by atoms with E-state index in [1.807, 2.05) is 0 Å². The minimum absolute atomic E-state index is 0.316. The molecule has 1 aliphatic rings. The van der Waals surface area contributed by atoms with Gasteiger partial charge in [-0.05, 0) is 37.7 Å². The van der Waals surface area contributed by atoms with Crippen molar-refractivity contribution in [3.8, 4) is 17.2 Å². The highest BCUT2D eigenvalue weighted by atomic mass is 16.3. The lowest BCUT2D eigenvalue weighted by Gasteiger charge is -2.36. The van der Waals surface area contributed by atoms with Crippen molar-refractivity contribution in [1.82, 2.24) is 5.32 Å². The maximum atomic E-state index is 10.5. The van der Waals surface area contributed by atoms with E-state index in [-0.39, 0.29) is 11.5 Å². The molecule has 0 spiro atoms. The van der Waals surface area contributed by atoms with Crippen LogP contribution in [0.3, 0.4) is 0 Å². The van der Waals surface area contributed by atoms with Gasteiger partial charge in [-0.25, -0.2) is 0 Å². The van der Waals surface area contributed by atoms with Gasteiger partial charge in [0.05, 0.1) is 5.60 Å². The zero-order valence-corrected chi connectivity index (χ0v) is 12.5. The molecule has 118 valence electrons. The van der Waals surface area contributed by atoms with Gasteiger partial charge < -0.3 is 25.7 Å². The molecule has 1 aromatic carbocycles. The van der Waals surface area contributed by atoms with E-state index in [1.165, 1.54) is 12.5 Å². The van der Waals surface area contributed by atoms with Crippen LogP contribution in [0, 0.1) is 5.92 Å². The fraction of sp³-hybridized carbons (Fsp3) is 0.625. The molecule has 5 nitrogen and oxygen atoms in total. The number of hydrogen-bond acceptors (Lipinski definition) is 5. The summed E-state index contributed by atoms with van der Waals surface area (Å²) in [6, 6.07) is 2.89. The first-order chi connectivity index (χ1) is 9.95. The first-order valence-corrected chi connectivity index (χ1v) is 7.61. The molecule has 0 atom stereocenters. The second kappa shape index (κ2) is 6.54. The Morgan fingerprint density at radius 1 is 1.14 bits per heavy atom. The highest BCUT2D eigenvalue weighted by Crippen LogP contribution is 2.37. The second-order valence-electron chi connectivity index (χ2n) is 6.12. The Balaban J connectivity index is 1.86. The molecule has 5 heteroatoms. The number of aromatic hydroxyl groups is 3. The van der Waals surface area contributed by atoms with E-state index in [1.54, 1.807) is 6.07 Å². The quantitative estimate of drug-likeness (QED) is 0.537. The van der Waals surface area contributed by atoms with E-state index in [0.717, 1.165) is 31.6 Å². The van der Waals surface area contributed by atoms with Gasteiger partial charge in [-0.1, -0.05) is 19.4 Å². The largest absolute Gasteiger partial charge is 0.504 e. The number of nitrogens with one attached hydrogen (secondary N) is 1. The lowest BCUT2D eigenvalue weighted by molar-refractivity contribution is -0.00884. The van der Waals surface area contributed by atoms with Gasteiger partial charge in [-0.15, -0.1) is 0 Å². The van der Waals surface area contributed by atoms with Gasteiger partial charge in [0.1, 0.15) is 0 Å². The van der Waals surface area contributed by atoms with E-state index < -0.39 is 11.4 Å². The maximum Gasteiger partial charge on any atom is 0.200 e. The molecule has 1 aromatic rings. The van der Waals surface area contributed by atoms with Crippen molar-refractivity contribution in [2.45, 2.75) is 51.2 Å². The van der Waals surface area contributed by atoms with Gasteiger partial charge in [0, 0.05) is 18.7 Å². The Morgan fingerprint density at radius 2 is 1.81 bits per heavy atom. The lowest BCUT2D eigenvalue weighted by Crippen LogP contribution is -2.43. The van der Waals surface area contributed by atoms with Gasteiger partial charge in [0.2, 0.25) is 5.75 Å². The number of rotatable bonds is 5. The third-order valence-electron chi connectivity index (χ3n) is 4.60. The van der Waals surface area contributed by atoms with Crippen LogP contribution in [-0.2, 0) is 6.54 Å². The van der Waals surface area contributed by atoms with Crippen molar-refractivity contribution >= 4 is 0 Å². The molecule has 1 saturated carbocycles. The molecule has 0 amide bonds. The number of phenolic OH excluding ortho intramolecular Hbond substituents is 3. The zero-order valence-electron chi connectivity index (χ0n) is 12.5. The molecular weight excluding hydrogens is 270 g/mol. The maximum absolute atomic E-state index is 10.5. The van der Waals surface area contributed by atoms with E-state index in [0.29, 0.717) is 18.7 Å². The first kappa shape index (κ1) is 15.9. The fourth-order valence-corrected chi connectivity index (χ4v) is 2.98. The number of benzene rings is 1. The number of phenols is 3. The summed E-state index contributed by atoms with van der Waals surface area (Å²) < 4.78 is 0. The molecule has 0 saturated heterocycles. The van der Waals surface area contributed by atoms with Gasteiger partial charge in [-0.2, -0.15) is 0 Å². The van der Waals surface area contributed by atoms with Crippen LogP contribution >= 0.6 is 0 Å². The molecule has 2 rings (SSSR count). The Morgan fingerprint density at radius 3 is 2.43 bits per heavy atom. The van der Waals surface area contributed by atoms with Crippen molar-refractivity contribution in [2.75, 3.05) is 6.54 Å². The van der Waals surface area contributed by atoms with Crippen molar-refractivity contribution in [1.29, 1.82) is 0 Å². The average Bonchev–Trinajstić information content (AvgIpc) is 2.48. The van der Waals surface area contributed by atoms with Gasteiger partial charge in [0.25, 0.3) is 0 Å². The number of hydrogen-bond donors (Lipinski definition) is 5. The van der Waals surface area contributed by atoms with Crippen LogP contribution in [0.4, 0.5) is 0 Å². The minimum Gasteiger partial charge on any atom is -0.504 e. The van der Waals surface area contributed by atoms with Crippen molar-refractivity contribution in [3.05, 3.63) is 17.7 Å². The van der Waals surface area contributed by atoms with Gasteiger partial charge in [0.15, 0.2) is 11.5 Å². The minimum atomic E-state index is -0.680. The summed E-state index contributed by atoms with van der Waals surface area (Å²) in [4.78, 5) is 0. The molecule has 21 heavy (non-hydrogen) atoms. The van der Waals surface area contributed by atoms with Gasteiger partial charge in [-0.3, -0.25) is 0 Å². The van der Waals surface area contributed by atoms with E-state index in [4.69, 9.17) is 0 Å². The molecule has 0 aromatic heterocycles. The topological polar surface area (TPSA) is 93.0 Å². The first-order valence-electron chi connectivity index (χ1n) is 7.61. The number of aliphatic hydroxyl groups is 1. The molecule has 0 radical (unpaired) electrons. The summed E-state index contributed by atoms with van der Waals surface area (Å²) >= 11 is 0. The highest BCUT2D eigenvalue weighted by molar-refractivity contribution is 5.52. The summed E-state index contributed by atoms with van der Waals surface area (Å²) in [5.74, 6) is -0.434. The van der Waals surface area contributed by atoms with Crippen LogP contribution in [0.15, 0.2) is 12.1 Å². The predicted molar refractivity (Wildman–Crippen MR) is 80.3 cm³/mol. The van der Waals surface area contributed by atoms with E-state index in [2.05, 4.69) is 12.2 Å². The van der Waals surface area contributed by atoms with Crippen LogP contribution in [-0.4, -0.2) is 32.6 Å². The third-order valence-corrected chi connectivity index (χ3v) is 4.60. The molecule has 0 aliphatic heterocycles. The highest BCUT2D eigenvalue weighted by Gasteiger charge is 2.32. The summed E-state index contributed by atoms with van der Waals surface area (Å²) in [7, 11) is 0.